The summed E-state index contributed by atoms with van der Waals surface area (Å²) >= 11 is 5.27. The second kappa shape index (κ2) is 4.67. The van der Waals surface area contributed by atoms with Crippen molar-refractivity contribution in [3.05, 3.63) is 22.7 Å². The SMILES string of the molecule is COc1ncnc2c1[nH]c(=S)n2CC=C(C)C. The number of imidazole rings is 1. The van der Waals surface area contributed by atoms with Gasteiger partial charge in [-0.2, -0.15) is 4.98 Å². The number of nitrogens with zero attached hydrogens (tertiary/aromatic N) is 3. The third-order valence-electron chi connectivity index (χ3n) is 2.40. The lowest BCUT2D eigenvalue weighted by molar-refractivity contribution is 0.401. The molecule has 0 aliphatic carbocycles. The van der Waals surface area contributed by atoms with Gasteiger partial charge in [0, 0.05) is 6.54 Å². The number of rotatable bonds is 3. The van der Waals surface area contributed by atoms with E-state index in [1.165, 1.54) is 11.9 Å². The number of aromatic amines is 1. The normalized spacial score (nSPS) is 10.5. The Bertz CT molecular complexity index is 622. The molecule has 0 fully saturated rings. The van der Waals surface area contributed by atoms with E-state index in [0.29, 0.717) is 17.2 Å². The van der Waals surface area contributed by atoms with Crippen molar-refractivity contribution in [3.8, 4) is 5.88 Å². The third kappa shape index (κ3) is 2.21. The Labute approximate surface area is 104 Å². The number of nitrogens with one attached hydrogen (secondary N) is 1. The molecule has 0 amide bonds. The summed E-state index contributed by atoms with van der Waals surface area (Å²) in [6.45, 7) is 4.80. The maximum atomic E-state index is 5.27. The molecule has 5 nitrogen and oxygen atoms in total. The average molecular weight is 250 g/mol. The molecule has 0 saturated carbocycles. The highest BCUT2D eigenvalue weighted by atomic mass is 32.1. The highest BCUT2D eigenvalue weighted by molar-refractivity contribution is 7.71. The van der Waals surface area contributed by atoms with Crippen LogP contribution in [-0.2, 0) is 6.54 Å². The van der Waals surface area contributed by atoms with Crippen molar-refractivity contribution in [2.75, 3.05) is 7.11 Å². The first kappa shape index (κ1) is 11.8. The molecule has 1 N–H and O–H groups in total. The molecule has 2 aromatic heterocycles. The van der Waals surface area contributed by atoms with E-state index < -0.39 is 0 Å². The van der Waals surface area contributed by atoms with Gasteiger partial charge in [-0.25, -0.2) is 4.98 Å². The van der Waals surface area contributed by atoms with Gasteiger partial charge in [-0.1, -0.05) is 11.6 Å². The minimum atomic E-state index is 0.511. The molecule has 0 saturated heterocycles. The van der Waals surface area contributed by atoms with Crippen LogP contribution in [-0.4, -0.2) is 26.6 Å². The smallest absolute Gasteiger partial charge is 0.242 e. The summed E-state index contributed by atoms with van der Waals surface area (Å²) in [7, 11) is 1.58. The highest BCUT2D eigenvalue weighted by Crippen LogP contribution is 2.19. The van der Waals surface area contributed by atoms with Crippen LogP contribution in [0.15, 0.2) is 18.0 Å². The summed E-state index contributed by atoms with van der Waals surface area (Å²) in [5.74, 6) is 0.511. The van der Waals surface area contributed by atoms with Crippen LogP contribution in [0.25, 0.3) is 11.2 Å². The number of H-pyrrole nitrogens is 1. The topological polar surface area (TPSA) is 55.7 Å². The van der Waals surface area contributed by atoms with Gasteiger partial charge in [0.2, 0.25) is 5.88 Å². The van der Waals surface area contributed by atoms with Crippen LogP contribution in [0.3, 0.4) is 0 Å². The molecule has 2 rings (SSSR count). The predicted molar refractivity (Wildman–Crippen MR) is 68.7 cm³/mol. The minimum absolute atomic E-state index is 0.511. The van der Waals surface area contributed by atoms with Gasteiger partial charge in [0.25, 0.3) is 0 Å². The number of hydrogen-bond donors (Lipinski definition) is 1. The lowest BCUT2D eigenvalue weighted by Crippen LogP contribution is -1.98. The van der Waals surface area contributed by atoms with E-state index in [-0.39, 0.29) is 0 Å². The molecule has 0 aliphatic heterocycles. The number of methoxy groups -OCH3 is 1. The largest absolute Gasteiger partial charge is 0.479 e. The van der Waals surface area contributed by atoms with Gasteiger partial charge in [-0.05, 0) is 26.1 Å². The van der Waals surface area contributed by atoms with E-state index in [4.69, 9.17) is 17.0 Å². The lowest BCUT2D eigenvalue weighted by atomic mass is 10.3. The zero-order chi connectivity index (χ0) is 12.4. The van der Waals surface area contributed by atoms with Gasteiger partial charge >= 0.3 is 0 Å². The van der Waals surface area contributed by atoms with Crippen molar-refractivity contribution < 1.29 is 4.74 Å². The Morgan fingerprint density at radius 1 is 1.53 bits per heavy atom. The Morgan fingerprint density at radius 2 is 2.29 bits per heavy atom. The Balaban J connectivity index is 2.60. The highest BCUT2D eigenvalue weighted by Gasteiger charge is 2.10. The molecule has 0 aliphatic rings. The van der Waals surface area contributed by atoms with Crippen LogP contribution in [0, 0.1) is 4.77 Å². The quantitative estimate of drug-likeness (QED) is 0.671. The fourth-order valence-corrected chi connectivity index (χ4v) is 1.81. The molecule has 0 unspecified atom stereocenters. The van der Waals surface area contributed by atoms with Gasteiger partial charge in [-0.3, -0.25) is 4.57 Å². The second-order valence-corrected chi connectivity index (χ2v) is 4.29. The number of aromatic nitrogens is 4. The zero-order valence-electron chi connectivity index (χ0n) is 10.0. The van der Waals surface area contributed by atoms with Crippen molar-refractivity contribution in [1.82, 2.24) is 19.5 Å². The van der Waals surface area contributed by atoms with E-state index in [1.807, 2.05) is 18.4 Å². The van der Waals surface area contributed by atoms with Gasteiger partial charge in [0.15, 0.2) is 10.4 Å². The first-order valence-electron chi connectivity index (χ1n) is 5.24. The van der Waals surface area contributed by atoms with Crippen molar-refractivity contribution in [2.24, 2.45) is 0 Å². The number of hydrogen-bond acceptors (Lipinski definition) is 4. The van der Waals surface area contributed by atoms with E-state index in [1.54, 1.807) is 7.11 Å². The summed E-state index contributed by atoms with van der Waals surface area (Å²) < 4.78 is 7.70. The molecular weight excluding hydrogens is 236 g/mol. The molecule has 0 radical (unpaired) electrons. The van der Waals surface area contributed by atoms with Crippen LogP contribution in [0.4, 0.5) is 0 Å². The predicted octanol–water partition coefficient (Wildman–Crippen LogP) is 2.46. The summed E-state index contributed by atoms with van der Waals surface area (Å²) in [6.07, 6.45) is 3.57. The van der Waals surface area contributed by atoms with Crippen molar-refractivity contribution in [2.45, 2.75) is 20.4 Å². The van der Waals surface area contributed by atoms with Crippen molar-refractivity contribution in [1.29, 1.82) is 0 Å². The van der Waals surface area contributed by atoms with Crippen molar-refractivity contribution in [3.63, 3.8) is 0 Å². The molecule has 6 heteroatoms. The van der Waals surface area contributed by atoms with Crippen LogP contribution in [0.1, 0.15) is 13.8 Å². The molecule has 0 aromatic carbocycles. The Hall–Kier alpha value is -1.69. The van der Waals surface area contributed by atoms with Gasteiger partial charge < -0.3 is 9.72 Å². The molecule has 2 heterocycles. The monoisotopic (exact) mass is 250 g/mol. The maximum Gasteiger partial charge on any atom is 0.242 e. The van der Waals surface area contributed by atoms with Crippen LogP contribution in [0.5, 0.6) is 5.88 Å². The average Bonchev–Trinajstić information content (AvgIpc) is 2.62. The van der Waals surface area contributed by atoms with E-state index >= 15 is 0 Å². The van der Waals surface area contributed by atoms with E-state index in [2.05, 4.69) is 21.0 Å². The molecular formula is C11H14N4OS. The molecule has 2 aromatic rings. The molecule has 0 spiro atoms. The van der Waals surface area contributed by atoms with E-state index in [9.17, 15) is 0 Å². The third-order valence-corrected chi connectivity index (χ3v) is 2.72. The summed E-state index contributed by atoms with van der Waals surface area (Å²) in [5.41, 5.74) is 2.74. The second-order valence-electron chi connectivity index (χ2n) is 3.90. The molecule has 17 heavy (non-hydrogen) atoms. The zero-order valence-corrected chi connectivity index (χ0v) is 10.8. The standard InChI is InChI=1S/C11H14N4OS/c1-7(2)4-5-15-9-8(14-11(15)17)10(16-3)13-6-12-9/h4,6H,5H2,1-3H3,(H,14,17). The Morgan fingerprint density at radius 3 is 2.94 bits per heavy atom. The maximum absolute atomic E-state index is 5.27. The fourth-order valence-electron chi connectivity index (χ4n) is 1.54. The van der Waals surface area contributed by atoms with Crippen LogP contribution < -0.4 is 4.74 Å². The number of allylic oxidation sites excluding steroid dienone is 2. The summed E-state index contributed by atoms with van der Waals surface area (Å²) in [6, 6.07) is 0. The lowest BCUT2D eigenvalue weighted by Gasteiger charge is -2.01. The van der Waals surface area contributed by atoms with Crippen LogP contribution in [0.2, 0.25) is 0 Å². The summed E-state index contributed by atoms with van der Waals surface area (Å²) in [4.78, 5) is 11.3. The first-order chi connectivity index (χ1) is 8.13. The Kier molecular flexibility index (Phi) is 3.23. The molecule has 0 bridgehead atoms. The number of fused-ring (bicyclic) bond motifs is 1. The molecule has 0 atom stereocenters. The minimum Gasteiger partial charge on any atom is -0.479 e. The first-order valence-corrected chi connectivity index (χ1v) is 5.65. The van der Waals surface area contributed by atoms with Crippen LogP contribution >= 0.6 is 12.2 Å². The van der Waals surface area contributed by atoms with Gasteiger partial charge in [0.1, 0.15) is 11.8 Å². The van der Waals surface area contributed by atoms with Gasteiger partial charge in [-0.15, -0.1) is 0 Å². The molecule has 90 valence electrons. The van der Waals surface area contributed by atoms with Gasteiger partial charge in [0.05, 0.1) is 7.11 Å². The summed E-state index contributed by atoms with van der Waals surface area (Å²) in [5, 5.41) is 0. The van der Waals surface area contributed by atoms with Crippen molar-refractivity contribution >= 4 is 23.4 Å². The fraction of sp³-hybridized carbons (Fsp3) is 0.364. The van der Waals surface area contributed by atoms with E-state index in [0.717, 1.165) is 11.2 Å². The number of ether oxygens (including phenoxy) is 1.